The summed E-state index contributed by atoms with van der Waals surface area (Å²) in [6, 6.07) is 3.79. The molecule has 0 radical (unpaired) electrons. The van der Waals surface area contributed by atoms with Gasteiger partial charge in [-0.15, -0.1) is 0 Å². The van der Waals surface area contributed by atoms with Gasteiger partial charge in [0.25, 0.3) is 10.0 Å². The number of fused-ring (bicyclic) bond motifs is 1. The van der Waals surface area contributed by atoms with Gasteiger partial charge in [0.1, 0.15) is 0 Å². The van der Waals surface area contributed by atoms with Crippen LogP contribution in [0, 0.1) is 0 Å². The van der Waals surface area contributed by atoms with E-state index in [2.05, 4.69) is 20.2 Å². The zero-order valence-electron chi connectivity index (χ0n) is 11.8. The van der Waals surface area contributed by atoms with Crippen LogP contribution in [0.1, 0.15) is 11.6 Å². The number of rotatable bonds is 3. The molecule has 1 N–H and O–H groups in total. The smallest absolute Gasteiger partial charge is 0.262 e. The van der Waals surface area contributed by atoms with Crippen LogP contribution in [0.2, 0.25) is 0 Å². The number of hydrogen-bond donors (Lipinski definition) is 1. The summed E-state index contributed by atoms with van der Waals surface area (Å²) in [6.45, 7) is 0.843. The molecular weight excluding hydrogens is 304 g/mol. The monoisotopic (exact) mass is 318 g/mol. The minimum absolute atomic E-state index is 0.0876. The number of aromatic amines is 1. The molecule has 0 aromatic carbocycles. The maximum Gasteiger partial charge on any atom is 0.262 e. The molecule has 0 spiro atoms. The molecule has 1 fully saturated rings. The first kappa shape index (κ1) is 13.4. The predicted molar refractivity (Wildman–Crippen MR) is 78.6 cm³/mol. The molecule has 0 bridgehead atoms. The topological polar surface area (TPSA) is 96.8 Å². The van der Waals surface area contributed by atoms with Crippen molar-refractivity contribution in [2.45, 2.75) is 10.9 Å². The number of hydrogen-bond acceptors (Lipinski definition) is 5. The van der Waals surface area contributed by atoms with E-state index in [9.17, 15) is 8.42 Å². The van der Waals surface area contributed by atoms with Gasteiger partial charge < -0.3 is 4.57 Å². The van der Waals surface area contributed by atoms with Crippen LogP contribution < -0.4 is 0 Å². The number of nitrogens with zero attached hydrogens (tertiary/aromatic N) is 5. The Morgan fingerprint density at radius 3 is 2.86 bits per heavy atom. The number of pyridine rings is 1. The van der Waals surface area contributed by atoms with Gasteiger partial charge in [0.15, 0.2) is 10.7 Å². The van der Waals surface area contributed by atoms with Crippen LogP contribution in [-0.4, -0.2) is 50.5 Å². The van der Waals surface area contributed by atoms with Crippen LogP contribution in [0.5, 0.6) is 0 Å². The van der Waals surface area contributed by atoms with E-state index in [1.807, 2.05) is 12.1 Å². The van der Waals surface area contributed by atoms with E-state index in [0.29, 0.717) is 18.7 Å². The molecule has 0 atom stereocenters. The molecule has 3 aromatic rings. The number of H-pyrrole nitrogens is 1. The minimum Gasteiger partial charge on any atom is -0.339 e. The van der Waals surface area contributed by atoms with Crippen molar-refractivity contribution in [1.29, 1.82) is 0 Å². The van der Waals surface area contributed by atoms with E-state index in [1.54, 1.807) is 17.8 Å². The molecular formula is C13H14N6O2S. The Kier molecular flexibility index (Phi) is 2.81. The summed E-state index contributed by atoms with van der Waals surface area (Å²) in [5.41, 5.74) is 1.60. The van der Waals surface area contributed by atoms with Crippen molar-refractivity contribution in [3.8, 4) is 0 Å². The van der Waals surface area contributed by atoms with Crippen LogP contribution in [-0.2, 0) is 17.1 Å². The standard InChI is InChI=1S/C13H14N6O2S/c1-18-7-11(15-8-18)22(20,21)19-5-9(6-19)12-10-3-2-4-14-13(10)17-16-12/h2-4,7-9H,5-6H2,1H3,(H,14,16,17). The van der Waals surface area contributed by atoms with Crippen molar-refractivity contribution in [3.05, 3.63) is 36.5 Å². The average Bonchev–Trinajstić information content (AvgIpc) is 3.04. The Labute approximate surface area is 126 Å². The third kappa shape index (κ3) is 1.93. The van der Waals surface area contributed by atoms with Crippen LogP contribution in [0.15, 0.2) is 35.9 Å². The highest BCUT2D eigenvalue weighted by molar-refractivity contribution is 7.89. The van der Waals surface area contributed by atoms with Crippen LogP contribution in [0.4, 0.5) is 0 Å². The summed E-state index contributed by atoms with van der Waals surface area (Å²) in [5.74, 6) is 0.104. The fourth-order valence-electron chi connectivity index (χ4n) is 2.65. The number of sulfonamides is 1. The highest BCUT2D eigenvalue weighted by atomic mass is 32.2. The van der Waals surface area contributed by atoms with E-state index in [1.165, 1.54) is 16.8 Å². The van der Waals surface area contributed by atoms with Crippen molar-refractivity contribution < 1.29 is 8.42 Å². The molecule has 22 heavy (non-hydrogen) atoms. The molecule has 0 amide bonds. The SMILES string of the molecule is Cn1cnc(S(=O)(=O)N2CC(c3[nH]nc4ncccc34)C2)c1. The largest absolute Gasteiger partial charge is 0.339 e. The van der Waals surface area contributed by atoms with E-state index < -0.39 is 10.0 Å². The Bertz CT molecular complexity index is 938. The molecule has 9 heteroatoms. The summed E-state index contributed by atoms with van der Waals surface area (Å²) in [6.07, 6.45) is 4.68. The van der Waals surface area contributed by atoms with Crippen molar-refractivity contribution in [2.75, 3.05) is 13.1 Å². The average molecular weight is 318 g/mol. The lowest BCUT2D eigenvalue weighted by atomic mass is 9.97. The molecule has 1 aliphatic heterocycles. The van der Waals surface area contributed by atoms with E-state index in [-0.39, 0.29) is 10.9 Å². The normalized spacial score (nSPS) is 17.0. The molecule has 4 rings (SSSR count). The van der Waals surface area contributed by atoms with Crippen LogP contribution in [0.3, 0.4) is 0 Å². The van der Waals surface area contributed by atoms with Gasteiger partial charge in [0, 0.05) is 43.8 Å². The highest BCUT2D eigenvalue weighted by Gasteiger charge is 2.39. The quantitative estimate of drug-likeness (QED) is 0.757. The summed E-state index contributed by atoms with van der Waals surface area (Å²) >= 11 is 0. The first-order valence-electron chi connectivity index (χ1n) is 6.83. The molecule has 3 aromatic heterocycles. The predicted octanol–water partition coefficient (Wildman–Crippen LogP) is 0.479. The lowest BCUT2D eigenvalue weighted by Crippen LogP contribution is -2.48. The van der Waals surface area contributed by atoms with Gasteiger partial charge >= 0.3 is 0 Å². The molecule has 4 heterocycles. The molecule has 114 valence electrons. The number of aromatic nitrogens is 5. The van der Waals surface area contributed by atoms with E-state index in [0.717, 1.165) is 11.1 Å². The maximum absolute atomic E-state index is 12.4. The van der Waals surface area contributed by atoms with Gasteiger partial charge in [0.05, 0.1) is 12.0 Å². The van der Waals surface area contributed by atoms with Gasteiger partial charge in [-0.3, -0.25) is 5.10 Å². The Morgan fingerprint density at radius 1 is 1.32 bits per heavy atom. The zero-order valence-corrected chi connectivity index (χ0v) is 12.7. The fraction of sp³-hybridized carbons (Fsp3) is 0.308. The second-order valence-corrected chi connectivity index (χ2v) is 7.29. The molecule has 8 nitrogen and oxygen atoms in total. The fourth-order valence-corrected chi connectivity index (χ4v) is 4.15. The third-order valence-electron chi connectivity index (χ3n) is 3.90. The van der Waals surface area contributed by atoms with Gasteiger partial charge in [-0.2, -0.15) is 9.40 Å². The third-order valence-corrected chi connectivity index (χ3v) is 5.62. The lowest BCUT2D eigenvalue weighted by molar-refractivity contribution is 0.260. The van der Waals surface area contributed by atoms with Gasteiger partial charge in [0.2, 0.25) is 0 Å². The van der Waals surface area contributed by atoms with E-state index in [4.69, 9.17) is 0 Å². The summed E-state index contributed by atoms with van der Waals surface area (Å²) in [5, 5.41) is 8.16. The Morgan fingerprint density at radius 2 is 2.14 bits per heavy atom. The zero-order chi connectivity index (χ0) is 15.3. The number of aryl methyl sites for hydroxylation is 1. The molecule has 1 saturated heterocycles. The van der Waals surface area contributed by atoms with Crippen molar-refractivity contribution in [1.82, 2.24) is 29.0 Å². The van der Waals surface area contributed by atoms with Gasteiger partial charge in [-0.05, 0) is 12.1 Å². The molecule has 0 aliphatic carbocycles. The number of nitrogens with one attached hydrogen (secondary N) is 1. The lowest BCUT2D eigenvalue weighted by Gasteiger charge is -2.36. The molecule has 1 aliphatic rings. The summed E-state index contributed by atoms with van der Waals surface area (Å²) < 4.78 is 27.9. The van der Waals surface area contributed by atoms with Crippen molar-refractivity contribution in [2.24, 2.45) is 7.05 Å². The second-order valence-electron chi connectivity index (χ2n) is 5.41. The van der Waals surface area contributed by atoms with Crippen LogP contribution in [0.25, 0.3) is 11.0 Å². The molecule has 0 saturated carbocycles. The first-order valence-corrected chi connectivity index (χ1v) is 8.27. The maximum atomic E-state index is 12.4. The molecule has 0 unspecified atom stereocenters. The van der Waals surface area contributed by atoms with Gasteiger partial charge in [-0.1, -0.05) is 0 Å². The van der Waals surface area contributed by atoms with Crippen molar-refractivity contribution in [3.63, 3.8) is 0 Å². The highest BCUT2D eigenvalue weighted by Crippen LogP contribution is 2.33. The number of imidazole rings is 1. The summed E-state index contributed by atoms with van der Waals surface area (Å²) in [7, 11) is -1.76. The first-order chi connectivity index (χ1) is 10.6. The van der Waals surface area contributed by atoms with Crippen molar-refractivity contribution >= 4 is 21.1 Å². The Hall–Kier alpha value is -2.26. The van der Waals surface area contributed by atoms with E-state index >= 15 is 0 Å². The summed E-state index contributed by atoms with van der Waals surface area (Å²) in [4.78, 5) is 8.11. The van der Waals surface area contributed by atoms with Gasteiger partial charge in [-0.25, -0.2) is 18.4 Å². The second kappa shape index (κ2) is 4.62. The van der Waals surface area contributed by atoms with Crippen LogP contribution >= 0.6 is 0 Å². The Balaban J connectivity index is 1.57. The minimum atomic E-state index is -3.51.